The molecule has 112 valence electrons. The number of ether oxygens (including phenoxy) is 2. The standard InChI is InChI=1S/C14H22N2O4/c1-14(2,3)20-13(18)16-8-11(15)10-6-5-9(17)7-12(10)19-4/h5-7,11,17H,8,15H2,1-4H3,(H,16,18). The molecule has 4 N–H and O–H groups in total. The number of alkyl carbamates (subject to hydrolysis) is 1. The topological polar surface area (TPSA) is 93.8 Å². The molecule has 0 saturated carbocycles. The first-order chi connectivity index (χ1) is 9.23. The number of nitrogens with one attached hydrogen (secondary N) is 1. The molecule has 1 atom stereocenters. The van der Waals surface area contributed by atoms with Crippen molar-refractivity contribution in [2.24, 2.45) is 5.73 Å². The highest BCUT2D eigenvalue weighted by atomic mass is 16.6. The second-order valence-electron chi connectivity index (χ2n) is 5.42. The highest BCUT2D eigenvalue weighted by Crippen LogP contribution is 2.27. The number of carbonyl (C=O) groups excluding carboxylic acids is 1. The lowest BCUT2D eigenvalue weighted by Gasteiger charge is -2.21. The molecular weight excluding hydrogens is 260 g/mol. The van der Waals surface area contributed by atoms with E-state index in [2.05, 4.69) is 5.32 Å². The van der Waals surface area contributed by atoms with Crippen LogP contribution in [0.5, 0.6) is 11.5 Å². The molecular formula is C14H22N2O4. The maximum atomic E-state index is 11.5. The average Bonchev–Trinajstić information content (AvgIpc) is 2.33. The van der Waals surface area contributed by atoms with E-state index in [4.69, 9.17) is 15.2 Å². The molecule has 0 fully saturated rings. The number of nitrogens with two attached hydrogens (primary N) is 1. The van der Waals surface area contributed by atoms with Gasteiger partial charge in [-0.25, -0.2) is 4.79 Å². The molecule has 1 aromatic rings. The minimum atomic E-state index is -0.551. The molecule has 1 aromatic carbocycles. The number of hydrogen-bond acceptors (Lipinski definition) is 5. The lowest BCUT2D eigenvalue weighted by Crippen LogP contribution is -2.36. The van der Waals surface area contributed by atoms with Crippen LogP contribution in [-0.2, 0) is 4.74 Å². The summed E-state index contributed by atoms with van der Waals surface area (Å²) >= 11 is 0. The minimum Gasteiger partial charge on any atom is -0.508 e. The van der Waals surface area contributed by atoms with Gasteiger partial charge in [-0.1, -0.05) is 6.07 Å². The van der Waals surface area contributed by atoms with E-state index in [0.29, 0.717) is 11.3 Å². The van der Waals surface area contributed by atoms with E-state index in [1.807, 2.05) is 0 Å². The van der Waals surface area contributed by atoms with Crippen LogP contribution in [-0.4, -0.2) is 30.5 Å². The summed E-state index contributed by atoms with van der Waals surface area (Å²) in [6.45, 7) is 5.57. The molecule has 0 aliphatic carbocycles. The van der Waals surface area contributed by atoms with Crippen LogP contribution in [0.2, 0.25) is 0 Å². The number of methoxy groups -OCH3 is 1. The molecule has 6 nitrogen and oxygen atoms in total. The van der Waals surface area contributed by atoms with E-state index in [1.165, 1.54) is 19.2 Å². The van der Waals surface area contributed by atoms with Gasteiger partial charge in [0, 0.05) is 18.2 Å². The third-order valence-electron chi connectivity index (χ3n) is 2.48. The van der Waals surface area contributed by atoms with E-state index in [0.717, 1.165) is 0 Å². The fraction of sp³-hybridized carbons (Fsp3) is 0.500. The summed E-state index contributed by atoms with van der Waals surface area (Å²) in [7, 11) is 1.49. The van der Waals surface area contributed by atoms with Crippen molar-refractivity contribution in [2.75, 3.05) is 13.7 Å². The first-order valence-electron chi connectivity index (χ1n) is 6.32. The Labute approximate surface area is 118 Å². The van der Waals surface area contributed by atoms with Crippen LogP contribution in [0, 0.1) is 0 Å². The Bertz CT molecular complexity index is 469. The lowest BCUT2D eigenvalue weighted by molar-refractivity contribution is 0.0524. The van der Waals surface area contributed by atoms with E-state index in [-0.39, 0.29) is 12.3 Å². The first-order valence-corrected chi connectivity index (χ1v) is 6.32. The van der Waals surface area contributed by atoms with E-state index in [9.17, 15) is 9.90 Å². The molecule has 0 heterocycles. The van der Waals surface area contributed by atoms with E-state index in [1.54, 1.807) is 26.8 Å². The summed E-state index contributed by atoms with van der Waals surface area (Å²) in [4.78, 5) is 11.5. The number of rotatable bonds is 4. The van der Waals surface area contributed by atoms with Crippen LogP contribution in [0.25, 0.3) is 0 Å². The summed E-state index contributed by atoms with van der Waals surface area (Å²) in [5, 5.41) is 12.0. The molecule has 0 aliphatic rings. The van der Waals surface area contributed by atoms with Crippen molar-refractivity contribution in [3.63, 3.8) is 0 Å². The van der Waals surface area contributed by atoms with Crippen molar-refractivity contribution in [3.05, 3.63) is 23.8 Å². The molecule has 0 aliphatic heterocycles. The Balaban J connectivity index is 2.63. The van der Waals surface area contributed by atoms with Crippen LogP contribution in [0.15, 0.2) is 18.2 Å². The molecule has 1 amide bonds. The molecule has 1 unspecified atom stereocenters. The first kappa shape index (κ1) is 16.1. The van der Waals surface area contributed by atoms with Crippen molar-refractivity contribution in [1.29, 1.82) is 0 Å². The fourth-order valence-corrected chi connectivity index (χ4v) is 1.62. The maximum Gasteiger partial charge on any atom is 0.407 e. The summed E-state index contributed by atoms with van der Waals surface area (Å²) in [6, 6.07) is 4.20. The van der Waals surface area contributed by atoms with Crippen LogP contribution < -0.4 is 15.8 Å². The van der Waals surface area contributed by atoms with Gasteiger partial charge in [0.25, 0.3) is 0 Å². The predicted octanol–water partition coefficient (Wildman–Crippen LogP) is 1.93. The molecule has 6 heteroatoms. The SMILES string of the molecule is COc1cc(O)ccc1C(N)CNC(=O)OC(C)(C)C. The molecule has 0 radical (unpaired) electrons. The van der Waals surface area contributed by atoms with Crippen molar-refractivity contribution >= 4 is 6.09 Å². The van der Waals surface area contributed by atoms with Crippen molar-refractivity contribution in [1.82, 2.24) is 5.32 Å². The largest absolute Gasteiger partial charge is 0.508 e. The van der Waals surface area contributed by atoms with E-state index < -0.39 is 17.7 Å². The molecule has 1 rings (SSSR count). The predicted molar refractivity (Wildman–Crippen MR) is 75.8 cm³/mol. The number of aromatic hydroxyl groups is 1. The van der Waals surface area contributed by atoms with Crippen molar-refractivity contribution in [3.8, 4) is 11.5 Å². The van der Waals surface area contributed by atoms with Gasteiger partial charge < -0.3 is 25.6 Å². The summed E-state index contributed by atoms with van der Waals surface area (Å²) < 4.78 is 10.3. The lowest BCUT2D eigenvalue weighted by atomic mass is 10.1. The third-order valence-corrected chi connectivity index (χ3v) is 2.48. The number of phenols is 1. The zero-order valence-corrected chi connectivity index (χ0v) is 12.3. The molecule has 0 saturated heterocycles. The van der Waals surface area contributed by atoms with Gasteiger partial charge >= 0.3 is 6.09 Å². The van der Waals surface area contributed by atoms with Gasteiger partial charge in [0.2, 0.25) is 0 Å². The van der Waals surface area contributed by atoms with Crippen molar-refractivity contribution in [2.45, 2.75) is 32.4 Å². The minimum absolute atomic E-state index is 0.0953. The van der Waals surface area contributed by atoms with Gasteiger partial charge in [-0.2, -0.15) is 0 Å². The Morgan fingerprint density at radius 3 is 2.65 bits per heavy atom. The van der Waals surface area contributed by atoms with Gasteiger partial charge in [-0.3, -0.25) is 0 Å². The Hall–Kier alpha value is -1.95. The Morgan fingerprint density at radius 1 is 1.45 bits per heavy atom. The smallest absolute Gasteiger partial charge is 0.407 e. The number of phenolic OH excluding ortho intramolecular Hbond substituents is 1. The zero-order valence-electron chi connectivity index (χ0n) is 12.3. The third kappa shape index (κ3) is 4.97. The molecule has 20 heavy (non-hydrogen) atoms. The molecule has 0 bridgehead atoms. The van der Waals surface area contributed by atoms with Crippen molar-refractivity contribution < 1.29 is 19.4 Å². The number of amides is 1. The second-order valence-corrected chi connectivity index (χ2v) is 5.42. The summed E-state index contributed by atoms with van der Waals surface area (Å²) in [5.74, 6) is 0.571. The van der Waals surface area contributed by atoms with Gasteiger partial charge in [-0.05, 0) is 26.8 Å². The number of carbonyl (C=O) groups is 1. The number of hydrogen-bond donors (Lipinski definition) is 3. The van der Waals surface area contributed by atoms with Gasteiger partial charge in [0.05, 0.1) is 13.2 Å². The quantitative estimate of drug-likeness (QED) is 0.784. The summed E-state index contributed by atoms with van der Waals surface area (Å²) in [5.41, 5.74) is 6.15. The Morgan fingerprint density at radius 2 is 2.10 bits per heavy atom. The molecule has 0 aromatic heterocycles. The van der Waals surface area contributed by atoms with Crippen LogP contribution >= 0.6 is 0 Å². The molecule has 0 spiro atoms. The highest BCUT2D eigenvalue weighted by molar-refractivity contribution is 5.67. The fourth-order valence-electron chi connectivity index (χ4n) is 1.62. The maximum absolute atomic E-state index is 11.5. The van der Waals surface area contributed by atoms with E-state index >= 15 is 0 Å². The van der Waals surface area contributed by atoms with Gasteiger partial charge in [-0.15, -0.1) is 0 Å². The van der Waals surface area contributed by atoms with Crippen LogP contribution in [0.1, 0.15) is 32.4 Å². The van der Waals surface area contributed by atoms with Gasteiger partial charge in [0.15, 0.2) is 0 Å². The number of benzene rings is 1. The second kappa shape index (κ2) is 6.47. The summed E-state index contributed by atoms with van der Waals surface area (Å²) in [6.07, 6.45) is -0.523. The zero-order chi connectivity index (χ0) is 15.3. The normalized spacial score (nSPS) is 12.7. The van der Waals surface area contributed by atoms with Crippen LogP contribution in [0.3, 0.4) is 0 Å². The van der Waals surface area contributed by atoms with Crippen LogP contribution in [0.4, 0.5) is 4.79 Å². The average molecular weight is 282 g/mol. The monoisotopic (exact) mass is 282 g/mol. The highest BCUT2D eigenvalue weighted by Gasteiger charge is 2.18. The van der Waals surface area contributed by atoms with Gasteiger partial charge in [0.1, 0.15) is 17.1 Å². The Kier molecular flexibility index (Phi) is 5.21.